The molecule has 3 aromatic carbocycles. The van der Waals surface area contributed by atoms with Gasteiger partial charge in [-0.3, -0.25) is 0 Å². The van der Waals surface area contributed by atoms with Crippen LogP contribution in [0.25, 0.3) is 17.2 Å². The van der Waals surface area contributed by atoms with Crippen LogP contribution in [0.15, 0.2) is 72.8 Å². The van der Waals surface area contributed by atoms with E-state index in [1.165, 1.54) is 12.2 Å². The first-order valence-electron chi connectivity index (χ1n) is 12.6. The van der Waals surface area contributed by atoms with Crippen molar-refractivity contribution in [3.63, 3.8) is 0 Å². The second-order valence-electron chi connectivity index (χ2n) is 9.67. The van der Waals surface area contributed by atoms with Crippen LogP contribution in [0.3, 0.4) is 0 Å². The second-order valence-corrected chi connectivity index (χ2v) is 14.4. The molecule has 0 aliphatic carbocycles. The zero-order chi connectivity index (χ0) is 27.0. The van der Waals surface area contributed by atoms with E-state index in [1.807, 2.05) is 54.6 Å². The molecular weight excluding hydrogens is 481 g/mol. The van der Waals surface area contributed by atoms with Crippen molar-refractivity contribution in [2.24, 2.45) is 0 Å². The molecule has 6 heteroatoms. The highest BCUT2D eigenvalue weighted by Crippen LogP contribution is 2.38. The molecule has 0 fully saturated rings. The molecule has 0 amide bonds. The lowest BCUT2D eigenvalue weighted by molar-refractivity contribution is -0.137. The van der Waals surface area contributed by atoms with E-state index in [0.29, 0.717) is 17.2 Å². The molecule has 0 heterocycles. The largest absolute Gasteiger partial charge is 0.543 e. The van der Waals surface area contributed by atoms with E-state index in [1.54, 1.807) is 19.1 Å². The number of carbonyl (C=O) groups is 1. The van der Waals surface area contributed by atoms with Crippen LogP contribution in [0.5, 0.6) is 5.75 Å². The van der Waals surface area contributed by atoms with Crippen molar-refractivity contribution < 1.29 is 18.3 Å². The van der Waals surface area contributed by atoms with Gasteiger partial charge in [0.2, 0.25) is 0 Å². The topological polar surface area (TPSA) is 59.3 Å². The van der Waals surface area contributed by atoms with E-state index in [-0.39, 0.29) is 23.5 Å². The Bertz CT molecular complexity index is 1280. The van der Waals surface area contributed by atoms with Crippen LogP contribution >= 0.6 is 0 Å². The number of nitriles is 1. The van der Waals surface area contributed by atoms with E-state index >= 15 is 0 Å². The summed E-state index contributed by atoms with van der Waals surface area (Å²) in [5.74, 6) is -0.0942. The van der Waals surface area contributed by atoms with Crippen LogP contribution in [0.4, 0.5) is 4.39 Å². The summed E-state index contributed by atoms with van der Waals surface area (Å²) in [4.78, 5) is 11.6. The molecule has 37 heavy (non-hydrogen) atoms. The first-order valence-corrected chi connectivity index (χ1v) is 14.9. The van der Waals surface area contributed by atoms with E-state index in [9.17, 15) is 14.4 Å². The first kappa shape index (κ1) is 27.9. The standard InChI is InChI=1S/C31H34FNO3Si/c1-6-35-31(34)18-15-26-12-11-24(19-30(26)32)21-37(22(2)3,23(4)5)36-28-16-13-25(14-17-28)29-10-8-7-9-27(29)20-33/h7-19,22-23H,6,21H2,1-5H3/b18-15+. The maximum absolute atomic E-state index is 14.9. The highest BCUT2D eigenvalue weighted by atomic mass is 28.4. The van der Waals surface area contributed by atoms with E-state index < -0.39 is 14.3 Å². The lowest BCUT2D eigenvalue weighted by atomic mass is 10.0. The van der Waals surface area contributed by atoms with E-state index in [4.69, 9.17) is 9.16 Å². The molecule has 0 N–H and O–H groups in total. The Balaban J connectivity index is 1.87. The quantitative estimate of drug-likeness (QED) is 0.157. The number of nitrogens with zero attached hydrogens (tertiary/aromatic N) is 1. The molecule has 0 saturated heterocycles. The van der Waals surface area contributed by atoms with Crippen molar-refractivity contribution in [2.75, 3.05) is 6.61 Å². The molecule has 0 aromatic heterocycles. The highest BCUT2D eigenvalue weighted by molar-refractivity contribution is 6.76. The van der Waals surface area contributed by atoms with Crippen LogP contribution in [0.1, 0.15) is 51.3 Å². The Hall–Kier alpha value is -3.69. The first-order chi connectivity index (χ1) is 17.7. The fourth-order valence-electron chi connectivity index (χ4n) is 4.58. The molecule has 0 spiro atoms. The van der Waals surface area contributed by atoms with Crippen molar-refractivity contribution in [3.8, 4) is 22.9 Å². The van der Waals surface area contributed by atoms with Crippen LogP contribution in [0.2, 0.25) is 11.1 Å². The number of halogens is 1. The van der Waals surface area contributed by atoms with Gasteiger partial charge in [0.05, 0.1) is 18.2 Å². The van der Waals surface area contributed by atoms with Gasteiger partial charge in [-0.2, -0.15) is 5.26 Å². The smallest absolute Gasteiger partial charge is 0.330 e. The SMILES string of the molecule is CCOC(=O)/C=C/c1ccc(C[Si](Oc2ccc(-c3ccccc3C#N)cc2)(C(C)C)C(C)C)cc1F. The summed E-state index contributed by atoms with van der Waals surface area (Å²) in [6.07, 6.45) is 2.68. The van der Waals surface area contributed by atoms with Crippen LogP contribution in [-0.2, 0) is 15.6 Å². The summed E-state index contributed by atoms with van der Waals surface area (Å²) in [6, 6.07) is 23.5. The molecule has 0 atom stereocenters. The normalized spacial score (nSPS) is 11.6. The molecule has 0 aliphatic rings. The average molecular weight is 516 g/mol. The molecule has 4 nitrogen and oxygen atoms in total. The molecule has 0 unspecified atom stereocenters. The number of benzene rings is 3. The van der Waals surface area contributed by atoms with Crippen LogP contribution in [-0.4, -0.2) is 20.9 Å². The summed E-state index contributed by atoms with van der Waals surface area (Å²) in [5.41, 5.74) is 4.24. The number of carbonyl (C=O) groups excluding carboxylic acids is 1. The molecule has 0 aliphatic heterocycles. The molecular formula is C31H34FNO3Si. The zero-order valence-electron chi connectivity index (χ0n) is 22.1. The monoisotopic (exact) mass is 515 g/mol. The van der Waals surface area contributed by atoms with E-state index in [0.717, 1.165) is 22.4 Å². The van der Waals surface area contributed by atoms with Gasteiger partial charge in [-0.05, 0) is 65.0 Å². The van der Waals surface area contributed by atoms with Crippen LogP contribution in [0, 0.1) is 17.1 Å². The Labute approximate surface area is 220 Å². The third-order valence-electron chi connectivity index (χ3n) is 6.71. The van der Waals surface area contributed by atoms with Crippen molar-refractivity contribution in [3.05, 3.63) is 95.3 Å². The minimum absolute atomic E-state index is 0.275. The Morgan fingerprint density at radius 1 is 1.03 bits per heavy atom. The van der Waals surface area contributed by atoms with Gasteiger partial charge < -0.3 is 9.16 Å². The summed E-state index contributed by atoms with van der Waals surface area (Å²) in [7, 11) is -2.44. The molecule has 192 valence electrons. The maximum atomic E-state index is 14.9. The van der Waals surface area contributed by atoms with Crippen LogP contribution < -0.4 is 4.43 Å². The molecule has 3 rings (SSSR count). The van der Waals surface area contributed by atoms with Gasteiger partial charge in [-0.15, -0.1) is 0 Å². The summed E-state index contributed by atoms with van der Waals surface area (Å²) in [6.45, 7) is 10.7. The minimum atomic E-state index is -2.44. The Morgan fingerprint density at radius 2 is 1.70 bits per heavy atom. The van der Waals surface area contributed by atoms with E-state index in [2.05, 4.69) is 33.8 Å². The third-order valence-corrected chi connectivity index (χ3v) is 12.2. The van der Waals surface area contributed by atoms with Crippen molar-refractivity contribution in [2.45, 2.75) is 51.7 Å². The van der Waals surface area contributed by atoms with Crippen molar-refractivity contribution in [1.29, 1.82) is 5.26 Å². The molecule has 0 saturated carbocycles. The molecule has 3 aromatic rings. The highest BCUT2D eigenvalue weighted by Gasteiger charge is 2.44. The number of hydrogen-bond acceptors (Lipinski definition) is 4. The van der Waals surface area contributed by atoms with Gasteiger partial charge in [0.15, 0.2) is 0 Å². The zero-order valence-corrected chi connectivity index (χ0v) is 23.1. The Morgan fingerprint density at radius 3 is 2.30 bits per heavy atom. The molecule has 0 bridgehead atoms. The predicted molar refractivity (Wildman–Crippen MR) is 149 cm³/mol. The summed E-state index contributed by atoms with van der Waals surface area (Å²) < 4.78 is 26.6. The van der Waals surface area contributed by atoms with Gasteiger partial charge in [0, 0.05) is 17.7 Å². The maximum Gasteiger partial charge on any atom is 0.330 e. The van der Waals surface area contributed by atoms with Crippen molar-refractivity contribution in [1.82, 2.24) is 0 Å². The third kappa shape index (κ3) is 6.75. The van der Waals surface area contributed by atoms with Gasteiger partial charge in [0.25, 0.3) is 8.32 Å². The fourth-order valence-corrected chi connectivity index (χ4v) is 8.71. The number of ether oxygens (including phenoxy) is 1. The predicted octanol–water partition coefficient (Wildman–Crippen LogP) is 7.87. The average Bonchev–Trinajstić information content (AvgIpc) is 2.88. The minimum Gasteiger partial charge on any atom is -0.543 e. The Kier molecular flexibility index (Phi) is 9.43. The fraction of sp³-hybridized carbons (Fsp3) is 0.290. The summed E-state index contributed by atoms with van der Waals surface area (Å²) in [5, 5.41) is 9.44. The summed E-state index contributed by atoms with van der Waals surface area (Å²) >= 11 is 0. The lowest BCUT2D eigenvalue weighted by Gasteiger charge is -2.39. The molecule has 0 radical (unpaired) electrons. The van der Waals surface area contributed by atoms with Gasteiger partial charge >= 0.3 is 5.97 Å². The lowest BCUT2D eigenvalue weighted by Crippen LogP contribution is -2.50. The number of hydrogen-bond donors (Lipinski definition) is 0. The van der Waals surface area contributed by atoms with Gasteiger partial charge in [-0.25, -0.2) is 9.18 Å². The van der Waals surface area contributed by atoms with Gasteiger partial charge in [0.1, 0.15) is 11.6 Å². The van der Waals surface area contributed by atoms with Gasteiger partial charge in [-0.1, -0.05) is 70.2 Å². The second kappa shape index (κ2) is 12.5. The van der Waals surface area contributed by atoms with Crippen molar-refractivity contribution >= 4 is 20.4 Å². The number of esters is 1. The number of rotatable bonds is 10.